The van der Waals surface area contributed by atoms with E-state index >= 15 is 0 Å². The number of aliphatic imine (C=N–C) groups is 1. The van der Waals surface area contributed by atoms with Gasteiger partial charge in [-0.25, -0.2) is 4.99 Å². The van der Waals surface area contributed by atoms with Gasteiger partial charge in [-0.3, -0.25) is 0 Å². The van der Waals surface area contributed by atoms with Gasteiger partial charge in [-0.15, -0.1) is 0 Å². The number of fused-ring (bicyclic) bond motifs is 2. The van der Waals surface area contributed by atoms with Gasteiger partial charge in [0.1, 0.15) is 0 Å². The maximum Gasteiger partial charge on any atom is 0.0934 e. The highest BCUT2D eigenvalue weighted by atomic mass is 16.5. The van der Waals surface area contributed by atoms with Crippen LogP contribution >= 0.6 is 0 Å². The number of aryl methyl sites for hydroxylation is 1. The van der Waals surface area contributed by atoms with Crippen molar-refractivity contribution < 1.29 is 4.74 Å². The molecule has 1 spiro atoms. The lowest BCUT2D eigenvalue weighted by Gasteiger charge is -2.42. The Balaban J connectivity index is 1.89. The van der Waals surface area contributed by atoms with Gasteiger partial charge in [0.15, 0.2) is 0 Å². The van der Waals surface area contributed by atoms with Crippen molar-refractivity contribution >= 4 is 12.0 Å². The molecule has 0 radical (unpaired) electrons. The number of hydrogen-bond donors (Lipinski definition) is 0. The monoisotopic (exact) mass is 314 g/mol. The van der Waals surface area contributed by atoms with E-state index in [1.165, 1.54) is 48.8 Å². The quantitative estimate of drug-likeness (QED) is 0.593. The highest BCUT2D eigenvalue weighted by Crippen LogP contribution is 2.45. The van der Waals surface area contributed by atoms with Crippen molar-refractivity contribution in [2.45, 2.75) is 64.4 Å². The van der Waals surface area contributed by atoms with E-state index in [9.17, 15) is 0 Å². The fourth-order valence-electron chi connectivity index (χ4n) is 4.05. The predicted octanol–water partition coefficient (Wildman–Crippen LogP) is 4.73. The molecule has 0 N–H and O–H groups in total. The van der Waals surface area contributed by atoms with Gasteiger partial charge < -0.3 is 9.64 Å². The normalized spacial score (nSPS) is 20.0. The molecule has 126 valence electrons. The third-order valence-electron chi connectivity index (χ3n) is 5.29. The van der Waals surface area contributed by atoms with Crippen molar-refractivity contribution in [2.75, 3.05) is 20.2 Å². The van der Waals surface area contributed by atoms with Gasteiger partial charge in [0, 0.05) is 13.6 Å². The van der Waals surface area contributed by atoms with E-state index in [1.807, 2.05) is 6.34 Å². The SMILES string of the molecule is CCCN(C)/C=N/c1cc2c(cc1C)C1(CCCCC1)OCC2. The number of nitrogens with zero attached hydrogens (tertiary/aromatic N) is 2. The van der Waals surface area contributed by atoms with Crippen molar-refractivity contribution in [3.8, 4) is 0 Å². The van der Waals surface area contributed by atoms with Gasteiger partial charge in [0.25, 0.3) is 0 Å². The van der Waals surface area contributed by atoms with Gasteiger partial charge in [0.2, 0.25) is 0 Å². The Morgan fingerprint density at radius 2 is 2.04 bits per heavy atom. The molecule has 0 bridgehead atoms. The summed E-state index contributed by atoms with van der Waals surface area (Å²) in [5.41, 5.74) is 5.27. The lowest BCUT2D eigenvalue weighted by molar-refractivity contribution is -0.0847. The minimum Gasteiger partial charge on any atom is -0.370 e. The van der Waals surface area contributed by atoms with E-state index in [4.69, 9.17) is 9.73 Å². The molecular weight excluding hydrogens is 284 g/mol. The molecule has 0 aromatic heterocycles. The standard InChI is InChI=1S/C20H30N2O/c1-4-11-22(3)15-21-19-14-17-8-12-23-20(9-6-5-7-10-20)18(17)13-16(19)2/h13-15H,4-12H2,1-3H3/b21-15+. The second kappa shape index (κ2) is 7.04. The van der Waals surface area contributed by atoms with E-state index in [2.05, 4.69) is 37.9 Å². The van der Waals surface area contributed by atoms with E-state index in [1.54, 1.807) is 0 Å². The van der Waals surface area contributed by atoms with E-state index < -0.39 is 0 Å². The molecule has 3 rings (SSSR count). The van der Waals surface area contributed by atoms with E-state index in [-0.39, 0.29) is 5.60 Å². The van der Waals surface area contributed by atoms with Crippen LogP contribution in [0.4, 0.5) is 5.69 Å². The van der Waals surface area contributed by atoms with Crippen molar-refractivity contribution in [3.05, 3.63) is 28.8 Å². The Labute approximate surface area is 140 Å². The fraction of sp³-hybridized carbons (Fsp3) is 0.650. The molecule has 3 heteroatoms. The van der Waals surface area contributed by atoms with Crippen molar-refractivity contribution in [2.24, 2.45) is 4.99 Å². The van der Waals surface area contributed by atoms with Crippen LogP contribution in [0.15, 0.2) is 17.1 Å². The smallest absolute Gasteiger partial charge is 0.0934 e. The Morgan fingerprint density at radius 3 is 2.78 bits per heavy atom. The first-order chi connectivity index (χ1) is 11.1. The van der Waals surface area contributed by atoms with Crippen LogP contribution in [-0.2, 0) is 16.8 Å². The Hall–Kier alpha value is -1.35. The molecule has 1 aromatic carbocycles. The number of ether oxygens (including phenoxy) is 1. The van der Waals surface area contributed by atoms with Crippen LogP contribution in [0, 0.1) is 6.92 Å². The van der Waals surface area contributed by atoms with Gasteiger partial charge in [-0.2, -0.15) is 0 Å². The molecule has 1 saturated carbocycles. The minimum absolute atomic E-state index is 0.00214. The first kappa shape index (κ1) is 16.5. The summed E-state index contributed by atoms with van der Waals surface area (Å²) in [6.45, 7) is 6.27. The van der Waals surface area contributed by atoms with E-state index in [0.29, 0.717) is 0 Å². The van der Waals surface area contributed by atoms with Gasteiger partial charge in [-0.05, 0) is 55.4 Å². The summed E-state index contributed by atoms with van der Waals surface area (Å²) in [7, 11) is 2.09. The molecule has 1 aliphatic heterocycles. The molecule has 0 atom stereocenters. The van der Waals surface area contributed by atoms with Crippen LogP contribution in [0.2, 0.25) is 0 Å². The molecule has 0 saturated heterocycles. The van der Waals surface area contributed by atoms with Crippen LogP contribution in [0.1, 0.15) is 62.1 Å². The lowest BCUT2D eigenvalue weighted by atomic mass is 9.75. The second-order valence-corrected chi connectivity index (χ2v) is 7.17. The molecular formula is C20H30N2O. The molecule has 0 amide bonds. The molecule has 1 fully saturated rings. The Kier molecular flexibility index (Phi) is 5.05. The number of hydrogen-bond acceptors (Lipinski definition) is 2. The van der Waals surface area contributed by atoms with Gasteiger partial charge in [0.05, 0.1) is 24.2 Å². The second-order valence-electron chi connectivity index (χ2n) is 7.17. The van der Waals surface area contributed by atoms with Crippen molar-refractivity contribution in [1.82, 2.24) is 4.90 Å². The van der Waals surface area contributed by atoms with Crippen molar-refractivity contribution in [1.29, 1.82) is 0 Å². The Bertz CT molecular complexity index is 573. The molecule has 3 nitrogen and oxygen atoms in total. The molecule has 0 unspecified atom stereocenters. The fourth-order valence-corrected chi connectivity index (χ4v) is 4.05. The molecule has 1 aliphatic carbocycles. The largest absolute Gasteiger partial charge is 0.370 e. The van der Waals surface area contributed by atoms with Crippen molar-refractivity contribution in [3.63, 3.8) is 0 Å². The zero-order valence-electron chi connectivity index (χ0n) is 14.9. The van der Waals surface area contributed by atoms with Gasteiger partial charge >= 0.3 is 0 Å². The van der Waals surface area contributed by atoms with Crippen LogP contribution in [0.25, 0.3) is 0 Å². The molecule has 1 aromatic rings. The highest BCUT2D eigenvalue weighted by Gasteiger charge is 2.39. The van der Waals surface area contributed by atoms with Crippen LogP contribution in [-0.4, -0.2) is 31.4 Å². The topological polar surface area (TPSA) is 24.8 Å². The average molecular weight is 314 g/mol. The first-order valence-electron chi connectivity index (χ1n) is 9.17. The summed E-state index contributed by atoms with van der Waals surface area (Å²) in [6, 6.07) is 4.66. The summed E-state index contributed by atoms with van der Waals surface area (Å²) in [5.74, 6) is 0. The zero-order chi connectivity index (χ0) is 16.3. The number of rotatable bonds is 4. The van der Waals surface area contributed by atoms with Gasteiger partial charge in [-0.1, -0.05) is 32.3 Å². The Morgan fingerprint density at radius 1 is 1.26 bits per heavy atom. The summed E-state index contributed by atoms with van der Waals surface area (Å²) in [6.07, 6.45) is 10.4. The predicted molar refractivity (Wildman–Crippen MR) is 96.7 cm³/mol. The zero-order valence-corrected chi connectivity index (χ0v) is 14.9. The summed E-state index contributed by atoms with van der Waals surface area (Å²) in [5, 5.41) is 0. The lowest BCUT2D eigenvalue weighted by Crippen LogP contribution is -2.37. The van der Waals surface area contributed by atoms with Crippen LogP contribution in [0.5, 0.6) is 0 Å². The van der Waals surface area contributed by atoms with Crippen LogP contribution in [0.3, 0.4) is 0 Å². The molecule has 1 heterocycles. The third kappa shape index (κ3) is 3.45. The summed E-state index contributed by atoms with van der Waals surface area (Å²) < 4.78 is 6.31. The van der Waals surface area contributed by atoms with E-state index in [0.717, 1.165) is 31.7 Å². The minimum atomic E-state index is -0.00214. The summed E-state index contributed by atoms with van der Waals surface area (Å²) >= 11 is 0. The average Bonchev–Trinajstić information content (AvgIpc) is 2.55. The van der Waals surface area contributed by atoms with Crippen LogP contribution < -0.4 is 0 Å². The maximum atomic E-state index is 6.31. The number of benzene rings is 1. The molecule has 23 heavy (non-hydrogen) atoms. The first-order valence-corrected chi connectivity index (χ1v) is 9.17. The highest BCUT2D eigenvalue weighted by molar-refractivity contribution is 5.64. The summed E-state index contributed by atoms with van der Waals surface area (Å²) in [4.78, 5) is 6.88. The maximum absolute atomic E-state index is 6.31. The molecule has 2 aliphatic rings. The third-order valence-corrected chi connectivity index (χ3v) is 5.29.